The number of ketones is 1. The third kappa shape index (κ3) is 9.96. The molecule has 2 heterocycles. The maximum atomic E-state index is 14.2. The number of hydrogen-bond donors (Lipinski definition) is 5. The molecule has 292 valence electrons. The van der Waals surface area contributed by atoms with Crippen LogP contribution in [0.2, 0.25) is 0 Å². The van der Waals surface area contributed by atoms with Crippen molar-refractivity contribution < 1.29 is 49.0 Å². The van der Waals surface area contributed by atoms with Gasteiger partial charge in [0, 0.05) is 31.5 Å². The lowest BCUT2D eigenvalue weighted by Crippen LogP contribution is -2.63. The highest BCUT2D eigenvalue weighted by Crippen LogP contribution is 2.43. The standard InChI is InChI=1S/C39H66N2O10/c1-12-30-38(7,46)29(18-19-40-22-27-16-14-13-15-17-27)39(8,47)33(44)23(2)21-37(6,48-11)34(25(4)31(42)26(5)35(45)50-30)51-36-32(43)28(41(9)10)20-24(3)49-36/h13-17,23-26,28-30,32-34,36,40,43-44,46-47H,12,18-22H2,1-11H3/t23-,24-,25+,26?,28+,29+,30-,32-,33?,34-,36+,37-,38+,39?/m1/s1. The summed E-state index contributed by atoms with van der Waals surface area (Å²) < 4.78 is 24.7. The van der Waals surface area contributed by atoms with E-state index < -0.39 is 82.9 Å². The summed E-state index contributed by atoms with van der Waals surface area (Å²) in [4.78, 5) is 29.8. The van der Waals surface area contributed by atoms with E-state index in [1.54, 1.807) is 27.7 Å². The molecule has 2 aliphatic heterocycles. The second kappa shape index (κ2) is 17.9. The molecule has 0 spiro atoms. The van der Waals surface area contributed by atoms with E-state index in [9.17, 15) is 30.0 Å². The SMILES string of the molecule is CC[C@H]1OC(=O)C(C)C(=O)[C@H](C)[C@@H](O[C@@H]2O[C@H](C)C[C@H](N(C)C)[C@H]2O)[C@](C)(OC)C[C@@H](C)C(O)C(C)(O)[C@@H](CCNCc2ccccc2)[C@]1(C)O. The number of carbonyl (C=O) groups excluding carboxylic acids is 2. The Hall–Kier alpha value is -2.00. The van der Waals surface area contributed by atoms with Gasteiger partial charge in [0.15, 0.2) is 12.1 Å². The fraction of sp³-hybridized carbons (Fsp3) is 0.795. The van der Waals surface area contributed by atoms with E-state index in [4.69, 9.17) is 18.9 Å². The molecule has 1 aromatic carbocycles. The van der Waals surface area contributed by atoms with E-state index in [1.165, 1.54) is 27.9 Å². The molecule has 12 heteroatoms. The molecule has 2 fully saturated rings. The monoisotopic (exact) mass is 722 g/mol. The van der Waals surface area contributed by atoms with E-state index in [2.05, 4.69) is 5.32 Å². The Kier molecular flexibility index (Phi) is 15.2. The first-order chi connectivity index (χ1) is 23.7. The zero-order chi connectivity index (χ0) is 38.5. The summed E-state index contributed by atoms with van der Waals surface area (Å²) in [6.07, 6.45) is -4.87. The van der Waals surface area contributed by atoms with E-state index in [0.29, 0.717) is 19.5 Å². The van der Waals surface area contributed by atoms with Crippen LogP contribution >= 0.6 is 0 Å². The van der Waals surface area contributed by atoms with Gasteiger partial charge >= 0.3 is 5.97 Å². The van der Waals surface area contributed by atoms with Crippen molar-refractivity contribution in [3.8, 4) is 0 Å². The molecular weight excluding hydrogens is 656 g/mol. The quantitative estimate of drug-likeness (QED) is 0.136. The Labute approximate surface area is 305 Å². The molecule has 5 N–H and O–H groups in total. The summed E-state index contributed by atoms with van der Waals surface area (Å²) >= 11 is 0. The topological polar surface area (TPSA) is 167 Å². The van der Waals surface area contributed by atoms with Crippen LogP contribution in [-0.2, 0) is 35.1 Å². The predicted molar refractivity (Wildman–Crippen MR) is 194 cm³/mol. The average molecular weight is 723 g/mol. The smallest absolute Gasteiger partial charge is 0.316 e. The van der Waals surface area contributed by atoms with Gasteiger partial charge in [0.25, 0.3) is 0 Å². The third-order valence-electron chi connectivity index (χ3n) is 11.6. The number of esters is 1. The van der Waals surface area contributed by atoms with Gasteiger partial charge in [0.1, 0.15) is 23.7 Å². The fourth-order valence-electron chi connectivity index (χ4n) is 8.43. The van der Waals surface area contributed by atoms with Crippen LogP contribution in [0.1, 0.15) is 86.6 Å². The van der Waals surface area contributed by atoms with Gasteiger partial charge in [-0.25, -0.2) is 0 Å². The zero-order valence-electron chi connectivity index (χ0n) is 32.7. The maximum Gasteiger partial charge on any atom is 0.316 e. The molecule has 12 nitrogen and oxygen atoms in total. The molecule has 0 amide bonds. The molecule has 0 saturated carbocycles. The number of benzene rings is 1. The maximum absolute atomic E-state index is 14.2. The Balaban J connectivity index is 2.06. The van der Waals surface area contributed by atoms with Gasteiger partial charge in [-0.05, 0) is 92.4 Å². The fourth-order valence-corrected chi connectivity index (χ4v) is 8.43. The number of rotatable bonds is 10. The van der Waals surface area contributed by atoms with Crippen LogP contribution in [0.3, 0.4) is 0 Å². The minimum Gasteiger partial charge on any atom is -0.459 e. The number of Topliss-reactive ketones (excluding diaryl/α,β-unsaturated/α-hetero) is 1. The number of nitrogens with zero attached hydrogens (tertiary/aromatic N) is 1. The van der Waals surface area contributed by atoms with Gasteiger partial charge in [0.2, 0.25) is 0 Å². The number of carbonyl (C=O) groups is 2. The number of aliphatic hydroxyl groups is 4. The van der Waals surface area contributed by atoms with Crippen LogP contribution < -0.4 is 5.32 Å². The van der Waals surface area contributed by atoms with Crippen LogP contribution in [0.25, 0.3) is 0 Å². The highest BCUT2D eigenvalue weighted by atomic mass is 16.7. The Morgan fingerprint density at radius 1 is 1.00 bits per heavy atom. The second-order valence-electron chi connectivity index (χ2n) is 16.0. The largest absolute Gasteiger partial charge is 0.459 e. The normalized spacial score (nSPS) is 42.0. The highest BCUT2D eigenvalue weighted by molar-refractivity contribution is 6.00. The summed E-state index contributed by atoms with van der Waals surface area (Å²) in [5.74, 6) is -5.11. The van der Waals surface area contributed by atoms with E-state index in [1.807, 2.05) is 56.3 Å². The average Bonchev–Trinajstić information content (AvgIpc) is 3.08. The molecule has 0 aliphatic carbocycles. The Morgan fingerprint density at radius 3 is 2.20 bits per heavy atom. The van der Waals surface area contributed by atoms with Crippen molar-refractivity contribution in [2.75, 3.05) is 27.7 Å². The molecule has 2 aliphatic rings. The van der Waals surface area contributed by atoms with Gasteiger partial charge in [-0.3, -0.25) is 9.59 Å². The number of methoxy groups -OCH3 is 1. The van der Waals surface area contributed by atoms with Gasteiger partial charge in [-0.15, -0.1) is 0 Å². The van der Waals surface area contributed by atoms with E-state index >= 15 is 0 Å². The number of likely N-dealkylation sites (N-methyl/N-ethyl adjacent to an activating group) is 1. The Morgan fingerprint density at radius 2 is 1.63 bits per heavy atom. The molecule has 3 unspecified atom stereocenters. The number of aliphatic hydroxyl groups excluding tert-OH is 2. The number of hydrogen-bond acceptors (Lipinski definition) is 12. The molecule has 3 rings (SSSR count). The van der Waals surface area contributed by atoms with Crippen molar-refractivity contribution in [3.63, 3.8) is 0 Å². The number of cyclic esters (lactones) is 1. The molecule has 0 bridgehead atoms. The minimum atomic E-state index is -1.88. The summed E-state index contributed by atoms with van der Waals surface area (Å²) in [5.41, 5.74) is -3.89. The Bertz CT molecular complexity index is 1260. The molecule has 2 saturated heterocycles. The van der Waals surface area contributed by atoms with Crippen molar-refractivity contribution in [2.45, 2.75) is 147 Å². The lowest BCUT2D eigenvalue weighted by molar-refractivity contribution is -0.297. The summed E-state index contributed by atoms with van der Waals surface area (Å²) in [5, 5.41) is 51.3. The molecular formula is C39H66N2O10. The van der Waals surface area contributed by atoms with Gasteiger partial charge in [-0.1, -0.05) is 51.1 Å². The van der Waals surface area contributed by atoms with Crippen LogP contribution in [0.15, 0.2) is 30.3 Å². The van der Waals surface area contributed by atoms with Gasteiger partial charge in [-0.2, -0.15) is 0 Å². The third-order valence-corrected chi connectivity index (χ3v) is 11.6. The highest BCUT2D eigenvalue weighted by Gasteiger charge is 2.56. The molecule has 14 atom stereocenters. The molecule has 0 radical (unpaired) electrons. The van der Waals surface area contributed by atoms with Crippen LogP contribution in [0.4, 0.5) is 0 Å². The first-order valence-corrected chi connectivity index (χ1v) is 18.5. The van der Waals surface area contributed by atoms with Crippen molar-refractivity contribution in [1.29, 1.82) is 0 Å². The predicted octanol–water partition coefficient (Wildman–Crippen LogP) is 3.06. The van der Waals surface area contributed by atoms with E-state index in [-0.39, 0.29) is 31.4 Å². The van der Waals surface area contributed by atoms with Gasteiger partial charge in [0.05, 0.1) is 29.5 Å². The molecule has 0 aromatic heterocycles. The van der Waals surface area contributed by atoms with Gasteiger partial charge < -0.3 is 49.6 Å². The minimum absolute atomic E-state index is 0.107. The van der Waals surface area contributed by atoms with Crippen molar-refractivity contribution >= 4 is 11.8 Å². The van der Waals surface area contributed by atoms with Crippen LogP contribution in [-0.4, -0.2) is 124 Å². The van der Waals surface area contributed by atoms with E-state index in [0.717, 1.165) is 5.56 Å². The summed E-state index contributed by atoms with van der Waals surface area (Å²) in [7, 11) is 5.21. The summed E-state index contributed by atoms with van der Waals surface area (Å²) in [6.45, 7) is 14.3. The summed E-state index contributed by atoms with van der Waals surface area (Å²) in [6, 6.07) is 9.54. The lowest BCUT2D eigenvalue weighted by atomic mass is 9.66. The van der Waals surface area contributed by atoms with Crippen LogP contribution in [0.5, 0.6) is 0 Å². The molecule has 51 heavy (non-hydrogen) atoms. The second-order valence-corrected chi connectivity index (χ2v) is 16.0. The number of ether oxygens (including phenoxy) is 4. The van der Waals surface area contributed by atoms with Crippen molar-refractivity contribution in [1.82, 2.24) is 10.2 Å². The lowest BCUT2D eigenvalue weighted by Gasteiger charge is -2.50. The molecule has 1 aromatic rings. The first kappa shape index (κ1) is 43.4. The zero-order valence-corrected chi connectivity index (χ0v) is 32.7. The van der Waals surface area contributed by atoms with Crippen LogP contribution in [0, 0.1) is 23.7 Å². The first-order valence-electron chi connectivity index (χ1n) is 18.5. The van der Waals surface area contributed by atoms with Crippen molar-refractivity contribution in [3.05, 3.63) is 35.9 Å². The number of nitrogens with one attached hydrogen (secondary N) is 1. The van der Waals surface area contributed by atoms with Crippen molar-refractivity contribution in [2.24, 2.45) is 23.7 Å².